The first-order chi connectivity index (χ1) is 46.0. The summed E-state index contributed by atoms with van der Waals surface area (Å²) in [5.74, 6) is -0.00463. The molecule has 6 heteroatoms. The molecule has 0 rings (SSSR count). The van der Waals surface area contributed by atoms with Crippen LogP contribution in [0.2, 0.25) is 0 Å². The Bertz CT molecular complexity index is 1460. The summed E-state index contributed by atoms with van der Waals surface area (Å²) >= 11 is 0. The van der Waals surface area contributed by atoms with Crippen LogP contribution in [0.5, 0.6) is 0 Å². The molecule has 2 atom stereocenters. The van der Waals surface area contributed by atoms with Gasteiger partial charge in [-0.05, 0) is 77.0 Å². The van der Waals surface area contributed by atoms with Gasteiger partial charge in [-0.2, -0.15) is 0 Å². The van der Waals surface area contributed by atoms with Crippen LogP contribution in [0.3, 0.4) is 0 Å². The molecule has 0 aliphatic carbocycles. The molecular formula is C87H169NO5. The number of rotatable bonds is 82. The minimum absolute atomic E-state index is 0.0207. The zero-order chi connectivity index (χ0) is 67.0. The molecule has 2 unspecified atom stereocenters. The second-order valence-electron chi connectivity index (χ2n) is 29.9. The lowest BCUT2D eigenvalue weighted by Gasteiger charge is -2.22. The van der Waals surface area contributed by atoms with Crippen molar-refractivity contribution in [2.24, 2.45) is 0 Å². The summed E-state index contributed by atoms with van der Waals surface area (Å²) < 4.78 is 5.52. The summed E-state index contributed by atoms with van der Waals surface area (Å²) in [5, 5.41) is 23.4. The molecular weight excluding hydrogens is 1140 g/mol. The topological polar surface area (TPSA) is 95.9 Å². The maximum absolute atomic E-state index is 12.6. The van der Waals surface area contributed by atoms with Gasteiger partial charge < -0.3 is 20.3 Å². The monoisotopic (exact) mass is 1310 g/mol. The van der Waals surface area contributed by atoms with Gasteiger partial charge in [-0.15, -0.1) is 0 Å². The highest BCUT2D eigenvalue weighted by Gasteiger charge is 2.20. The van der Waals surface area contributed by atoms with Crippen molar-refractivity contribution in [1.82, 2.24) is 5.32 Å². The summed E-state index contributed by atoms with van der Waals surface area (Å²) in [6.07, 6.45) is 107. The zero-order valence-corrected chi connectivity index (χ0v) is 63.5. The smallest absolute Gasteiger partial charge is 0.305 e. The Morgan fingerprint density at radius 3 is 0.763 bits per heavy atom. The maximum atomic E-state index is 12.6. The number of hydrogen-bond acceptors (Lipinski definition) is 5. The number of aliphatic hydroxyl groups is 2. The number of carbonyl (C=O) groups excluding carboxylic acids is 2. The van der Waals surface area contributed by atoms with Crippen molar-refractivity contribution in [2.75, 3.05) is 13.2 Å². The van der Waals surface area contributed by atoms with Gasteiger partial charge in [0.05, 0.1) is 25.4 Å². The highest BCUT2D eigenvalue weighted by Crippen LogP contribution is 2.21. The molecule has 552 valence electrons. The number of aliphatic hydroxyl groups excluding tert-OH is 2. The van der Waals surface area contributed by atoms with Gasteiger partial charge in [-0.1, -0.05) is 430 Å². The van der Waals surface area contributed by atoms with E-state index in [4.69, 9.17) is 4.74 Å². The van der Waals surface area contributed by atoms with Crippen molar-refractivity contribution in [3.63, 3.8) is 0 Å². The molecule has 0 saturated carbocycles. The van der Waals surface area contributed by atoms with E-state index in [1.807, 2.05) is 0 Å². The molecule has 0 spiro atoms. The van der Waals surface area contributed by atoms with Crippen molar-refractivity contribution in [3.8, 4) is 0 Å². The molecule has 0 aromatic heterocycles. The van der Waals surface area contributed by atoms with Gasteiger partial charge in [-0.3, -0.25) is 9.59 Å². The molecule has 0 aliphatic rings. The number of nitrogens with one attached hydrogen (secondary N) is 1. The molecule has 0 saturated heterocycles. The molecule has 0 fully saturated rings. The Balaban J connectivity index is 3.31. The van der Waals surface area contributed by atoms with Gasteiger partial charge in [0.15, 0.2) is 0 Å². The van der Waals surface area contributed by atoms with Crippen LogP contribution < -0.4 is 5.32 Å². The lowest BCUT2D eigenvalue weighted by atomic mass is 10.0. The van der Waals surface area contributed by atoms with E-state index in [9.17, 15) is 19.8 Å². The number of carbonyl (C=O) groups is 2. The van der Waals surface area contributed by atoms with E-state index in [2.05, 4.69) is 43.5 Å². The lowest BCUT2D eigenvalue weighted by molar-refractivity contribution is -0.143. The number of allylic oxidation sites excluding steroid dienone is 4. The van der Waals surface area contributed by atoms with E-state index in [0.29, 0.717) is 25.9 Å². The van der Waals surface area contributed by atoms with Crippen LogP contribution in [0.4, 0.5) is 0 Å². The van der Waals surface area contributed by atoms with E-state index in [1.54, 1.807) is 0 Å². The normalized spacial score (nSPS) is 12.5. The van der Waals surface area contributed by atoms with Crippen LogP contribution in [0.15, 0.2) is 24.3 Å². The molecule has 0 aliphatic heterocycles. The average Bonchev–Trinajstić information content (AvgIpc) is 3.74. The molecule has 0 bridgehead atoms. The van der Waals surface area contributed by atoms with Gasteiger partial charge >= 0.3 is 5.97 Å². The number of ether oxygens (including phenoxy) is 1. The van der Waals surface area contributed by atoms with E-state index >= 15 is 0 Å². The number of unbranched alkanes of at least 4 members (excludes halogenated alkanes) is 67. The molecule has 93 heavy (non-hydrogen) atoms. The summed E-state index contributed by atoms with van der Waals surface area (Å²) in [7, 11) is 0. The second-order valence-corrected chi connectivity index (χ2v) is 29.9. The number of amides is 1. The average molecular weight is 1310 g/mol. The summed E-state index contributed by atoms with van der Waals surface area (Å²) in [4.78, 5) is 24.7. The van der Waals surface area contributed by atoms with Gasteiger partial charge in [0.2, 0.25) is 5.91 Å². The fraction of sp³-hybridized carbons (Fsp3) is 0.931. The first kappa shape index (κ1) is 91.3. The summed E-state index contributed by atoms with van der Waals surface area (Å²) in [6, 6.07) is -0.539. The standard InChI is InChI=1S/C87H169NO5/c1-3-5-7-9-11-13-15-17-19-21-44-47-51-55-59-63-67-71-75-79-85(90)84(83-89)88-86(91)80-76-72-68-64-60-56-52-48-45-42-40-38-36-34-32-30-28-26-24-23-25-27-29-31-33-35-37-39-41-43-46-50-54-58-62-66-70-74-78-82-93-87(92)81-77-73-69-65-61-57-53-49-22-20-18-16-14-12-10-8-6-4-2/h20,22-24,84-85,89-90H,3-19,21,25-83H2,1-2H3,(H,88,91)/b22-20-,24-23-. The van der Waals surface area contributed by atoms with Crippen LogP contribution in [0, 0.1) is 0 Å². The minimum atomic E-state index is -0.662. The van der Waals surface area contributed by atoms with Crippen molar-refractivity contribution >= 4 is 11.9 Å². The summed E-state index contributed by atoms with van der Waals surface area (Å²) in [5.41, 5.74) is 0. The first-order valence-electron chi connectivity index (χ1n) is 43.1. The first-order valence-corrected chi connectivity index (χ1v) is 43.1. The van der Waals surface area contributed by atoms with Crippen molar-refractivity contribution in [1.29, 1.82) is 0 Å². The predicted octanol–water partition coefficient (Wildman–Crippen LogP) is 28.8. The molecule has 0 radical (unpaired) electrons. The third-order valence-corrected chi connectivity index (χ3v) is 20.5. The van der Waals surface area contributed by atoms with Gasteiger partial charge in [0.1, 0.15) is 0 Å². The Labute approximate surface area is 583 Å². The SMILES string of the molecule is CCCCCCCCC/C=C\CCCCCCCCCC(=O)OCCCCCCCCCCCCCCCCCCCC/C=C\CCCCCCCCCCCCCCCCCCCC(=O)NC(CO)C(O)CCCCCCCCCCCCCCCCCCCCC. The Hall–Kier alpha value is -1.66. The van der Waals surface area contributed by atoms with Crippen LogP contribution in [-0.2, 0) is 14.3 Å². The van der Waals surface area contributed by atoms with E-state index in [-0.39, 0.29) is 18.5 Å². The van der Waals surface area contributed by atoms with Crippen LogP contribution in [0.25, 0.3) is 0 Å². The zero-order valence-electron chi connectivity index (χ0n) is 63.5. The third kappa shape index (κ3) is 79.2. The van der Waals surface area contributed by atoms with E-state index in [0.717, 1.165) is 38.5 Å². The lowest BCUT2D eigenvalue weighted by Crippen LogP contribution is -2.45. The van der Waals surface area contributed by atoms with Crippen molar-refractivity contribution in [3.05, 3.63) is 24.3 Å². The third-order valence-electron chi connectivity index (χ3n) is 20.5. The van der Waals surface area contributed by atoms with Crippen LogP contribution in [0.1, 0.15) is 495 Å². The predicted molar refractivity (Wildman–Crippen MR) is 412 cm³/mol. The summed E-state index contributed by atoms with van der Waals surface area (Å²) in [6.45, 7) is 5.01. The molecule has 1 amide bonds. The van der Waals surface area contributed by atoms with Crippen LogP contribution in [-0.4, -0.2) is 47.4 Å². The molecule has 3 N–H and O–H groups in total. The maximum Gasteiger partial charge on any atom is 0.305 e. The van der Waals surface area contributed by atoms with Gasteiger partial charge in [-0.25, -0.2) is 0 Å². The quantitative estimate of drug-likeness (QED) is 0.0320. The second kappa shape index (κ2) is 82.8. The highest BCUT2D eigenvalue weighted by molar-refractivity contribution is 5.76. The Kier molecular flexibility index (Phi) is 81.3. The van der Waals surface area contributed by atoms with E-state index in [1.165, 1.54) is 424 Å². The largest absolute Gasteiger partial charge is 0.466 e. The minimum Gasteiger partial charge on any atom is -0.466 e. The van der Waals surface area contributed by atoms with Crippen molar-refractivity contribution < 1.29 is 24.5 Å². The van der Waals surface area contributed by atoms with Crippen LogP contribution >= 0.6 is 0 Å². The van der Waals surface area contributed by atoms with Gasteiger partial charge in [0, 0.05) is 12.8 Å². The number of hydrogen-bond donors (Lipinski definition) is 3. The fourth-order valence-electron chi connectivity index (χ4n) is 13.9. The molecule has 0 heterocycles. The highest BCUT2D eigenvalue weighted by atomic mass is 16.5. The molecule has 0 aromatic carbocycles. The molecule has 6 nitrogen and oxygen atoms in total. The molecule has 0 aromatic rings. The number of esters is 1. The Morgan fingerprint density at radius 1 is 0.290 bits per heavy atom. The van der Waals surface area contributed by atoms with Crippen molar-refractivity contribution in [2.45, 2.75) is 508 Å². The van der Waals surface area contributed by atoms with Gasteiger partial charge in [0.25, 0.3) is 0 Å². The van der Waals surface area contributed by atoms with E-state index < -0.39 is 12.1 Å². The fourth-order valence-corrected chi connectivity index (χ4v) is 13.9. The Morgan fingerprint density at radius 2 is 0.505 bits per heavy atom.